The molecule has 21 heavy (non-hydrogen) atoms. The first kappa shape index (κ1) is 13.8. The molecule has 1 aliphatic heterocycles. The molecule has 0 spiro atoms. The zero-order chi connectivity index (χ0) is 15.0. The minimum atomic E-state index is -0.322. The van der Waals surface area contributed by atoms with Gasteiger partial charge in [0, 0.05) is 30.4 Å². The summed E-state index contributed by atoms with van der Waals surface area (Å²) in [5.41, 5.74) is 7.95. The number of ether oxygens (including phenoxy) is 1. The lowest BCUT2D eigenvalue weighted by atomic mass is 10.0. The van der Waals surface area contributed by atoms with Crippen LogP contribution in [0.15, 0.2) is 36.4 Å². The normalized spacial score (nSPS) is 17.0. The molecule has 0 radical (unpaired) electrons. The molecule has 0 aliphatic carbocycles. The first-order chi connectivity index (χ1) is 10.1. The third-order valence-corrected chi connectivity index (χ3v) is 3.87. The van der Waals surface area contributed by atoms with Gasteiger partial charge < -0.3 is 15.4 Å². The van der Waals surface area contributed by atoms with Crippen molar-refractivity contribution in [2.24, 2.45) is 5.73 Å². The summed E-state index contributed by atoms with van der Waals surface area (Å²) < 4.78 is 32.7. The number of halogens is 2. The van der Waals surface area contributed by atoms with E-state index in [4.69, 9.17) is 10.5 Å². The molecule has 0 aromatic heterocycles. The Kier molecular flexibility index (Phi) is 3.51. The minimum Gasteiger partial charge on any atom is -0.497 e. The smallest absolute Gasteiger partial charge is 0.132 e. The standard InChI is InChI=1S/C16H16F2N2O/c1-21-12-6-13-14(15(18)7-12)9-20(16(13)8-19)11-4-2-3-10(17)5-11/h2-7,16H,8-9,19H2,1H3. The fourth-order valence-electron chi connectivity index (χ4n) is 2.84. The molecule has 3 rings (SSSR count). The predicted molar refractivity (Wildman–Crippen MR) is 77.3 cm³/mol. The van der Waals surface area contributed by atoms with Crippen molar-refractivity contribution in [3.63, 3.8) is 0 Å². The van der Waals surface area contributed by atoms with Crippen LogP contribution in [0.1, 0.15) is 17.2 Å². The second kappa shape index (κ2) is 5.33. The molecule has 2 N–H and O–H groups in total. The van der Waals surface area contributed by atoms with E-state index in [2.05, 4.69) is 0 Å². The second-order valence-corrected chi connectivity index (χ2v) is 5.04. The molecular weight excluding hydrogens is 274 g/mol. The molecule has 1 aliphatic rings. The Hall–Kier alpha value is -2.14. The highest BCUT2D eigenvalue weighted by molar-refractivity contribution is 5.56. The van der Waals surface area contributed by atoms with Gasteiger partial charge in [0.1, 0.15) is 17.4 Å². The van der Waals surface area contributed by atoms with Crippen LogP contribution in [0.3, 0.4) is 0 Å². The summed E-state index contributed by atoms with van der Waals surface area (Å²) in [6.45, 7) is 0.687. The Balaban J connectivity index is 2.05. The first-order valence-corrected chi connectivity index (χ1v) is 6.72. The van der Waals surface area contributed by atoms with Gasteiger partial charge in [-0.25, -0.2) is 8.78 Å². The third-order valence-electron chi connectivity index (χ3n) is 3.87. The van der Waals surface area contributed by atoms with Crippen molar-refractivity contribution in [2.75, 3.05) is 18.6 Å². The number of benzene rings is 2. The van der Waals surface area contributed by atoms with E-state index >= 15 is 0 Å². The number of fused-ring (bicyclic) bond motifs is 1. The molecule has 0 saturated heterocycles. The third kappa shape index (κ3) is 2.34. The molecule has 0 fully saturated rings. The molecular formula is C16H16F2N2O. The van der Waals surface area contributed by atoms with Crippen LogP contribution in [0.5, 0.6) is 5.75 Å². The lowest BCUT2D eigenvalue weighted by Crippen LogP contribution is -2.27. The highest BCUT2D eigenvalue weighted by Gasteiger charge is 2.32. The van der Waals surface area contributed by atoms with Gasteiger partial charge in [-0.05, 0) is 29.8 Å². The summed E-state index contributed by atoms with van der Waals surface area (Å²) in [6, 6.07) is 9.23. The molecule has 0 bridgehead atoms. The Bertz CT molecular complexity index is 675. The van der Waals surface area contributed by atoms with Crippen LogP contribution in [0.25, 0.3) is 0 Å². The summed E-state index contributed by atoms with van der Waals surface area (Å²) in [7, 11) is 1.50. The average molecular weight is 290 g/mol. The Morgan fingerprint density at radius 3 is 2.76 bits per heavy atom. The number of rotatable bonds is 3. The van der Waals surface area contributed by atoms with Gasteiger partial charge in [0.2, 0.25) is 0 Å². The fourth-order valence-corrected chi connectivity index (χ4v) is 2.84. The quantitative estimate of drug-likeness (QED) is 0.944. The van der Waals surface area contributed by atoms with E-state index < -0.39 is 0 Å². The Morgan fingerprint density at radius 2 is 2.10 bits per heavy atom. The average Bonchev–Trinajstić information content (AvgIpc) is 2.86. The molecule has 1 unspecified atom stereocenters. The van der Waals surface area contributed by atoms with Gasteiger partial charge in [0.15, 0.2) is 0 Å². The SMILES string of the molecule is COc1cc(F)c2c(c1)C(CN)N(c1cccc(F)c1)C2. The molecule has 2 aromatic rings. The minimum absolute atomic E-state index is 0.189. The predicted octanol–water partition coefficient (Wildman–Crippen LogP) is 2.99. The number of hydrogen-bond acceptors (Lipinski definition) is 3. The van der Waals surface area contributed by atoms with Crippen LogP contribution in [-0.4, -0.2) is 13.7 Å². The number of methoxy groups -OCH3 is 1. The maximum atomic E-state index is 14.2. The van der Waals surface area contributed by atoms with Crippen LogP contribution < -0.4 is 15.4 Å². The van der Waals surface area contributed by atoms with E-state index in [0.29, 0.717) is 30.1 Å². The number of hydrogen-bond donors (Lipinski definition) is 1. The molecule has 0 saturated carbocycles. The van der Waals surface area contributed by atoms with Crippen LogP contribution in [0, 0.1) is 11.6 Å². The van der Waals surface area contributed by atoms with E-state index in [1.54, 1.807) is 18.2 Å². The van der Waals surface area contributed by atoms with Gasteiger partial charge in [-0.2, -0.15) is 0 Å². The van der Waals surface area contributed by atoms with E-state index in [9.17, 15) is 8.78 Å². The zero-order valence-corrected chi connectivity index (χ0v) is 11.6. The largest absolute Gasteiger partial charge is 0.497 e. The maximum Gasteiger partial charge on any atom is 0.132 e. The van der Waals surface area contributed by atoms with Crippen molar-refractivity contribution in [2.45, 2.75) is 12.6 Å². The lowest BCUT2D eigenvalue weighted by Gasteiger charge is -2.26. The molecule has 5 heteroatoms. The van der Waals surface area contributed by atoms with E-state index in [0.717, 1.165) is 5.56 Å². The Morgan fingerprint density at radius 1 is 1.29 bits per heavy atom. The van der Waals surface area contributed by atoms with Crippen LogP contribution in [0.2, 0.25) is 0 Å². The molecule has 1 heterocycles. The van der Waals surface area contributed by atoms with Gasteiger partial charge in [-0.15, -0.1) is 0 Å². The van der Waals surface area contributed by atoms with Crippen molar-refractivity contribution >= 4 is 5.69 Å². The number of nitrogens with zero attached hydrogens (tertiary/aromatic N) is 1. The van der Waals surface area contributed by atoms with Gasteiger partial charge >= 0.3 is 0 Å². The van der Waals surface area contributed by atoms with Crippen LogP contribution >= 0.6 is 0 Å². The van der Waals surface area contributed by atoms with E-state index in [1.165, 1.54) is 25.3 Å². The number of anilines is 1. The maximum absolute atomic E-state index is 14.2. The lowest BCUT2D eigenvalue weighted by molar-refractivity contribution is 0.410. The summed E-state index contributed by atoms with van der Waals surface area (Å²) in [5.74, 6) is -0.176. The van der Waals surface area contributed by atoms with Crippen molar-refractivity contribution in [3.05, 3.63) is 59.2 Å². The monoisotopic (exact) mass is 290 g/mol. The Labute approximate surface area is 121 Å². The summed E-state index contributed by atoms with van der Waals surface area (Å²) in [5, 5.41) is 0. The molecule has 3 nitrogen and oxygen atoms in total. The summed E-state index contributed by atoms with van der Waals surface area (Å²) >= 11 is 0. The first-order valence-electron chi connectivity index (χ1n) is 6.72. The van der Waals surface area contributed by atoms with Gasteiger partial charge in [0.05, 0.1) is 13.2 Å². The highest BCUT2D eigenvalue weighted by atomic mass is 19.1. The zero-order valence-electron chi connectivity index (χ0n) is 11.6. The van der Waals surface area contributed by atoms with E-state index in [-0.39, 0.29) is 17.7 Å². The van der Waals surface area contributed by atoms with Crippen molar-refractivity contribution in [3.8, 4) is 5.75 Å². The van der Waals surface area contributed by atoms with Gasteiger partial charge in [-0.1, -0.05) is 6.07 Å². The van der Waals surface area contributed by atoms with Crippen LogP contribution in [-0.2, 0) is 6.54 Å². The van der Waals surface area contributed by atoms with Crippen LogP contribution in [0.4, 0.5) is 14.5 Å². The van der Waals surface area contributed by atoms with Gasteiger partial charge in [-0.3, -0.25) is 0 Å². The molecule has 2 aromatic carbocycles. The molecule has 1 atom stereocenters. The van der Waals surface area contributed by atoms with E-state index in [1.807, 2.05) is 4.90 Å². The molecule has 0 amide bonds. The van der Waals surface area contributed by atoms with Crippen molar-refractivity contribution in [1.29, 1.82) is 0 Å². The topological polar surface area (TPSA) is 38.5 Å². The summed E-state index contributed by atoms with van der Waals surface area (Å²) in [6.07, 6.45) is 0. The summed E-state index contributed by atoms with van der Waals surface area (Å²) in [4.78, 5) is 1.91. The molecule has 110 valence electrons. The highest BCUT2D eigenvalue weighted by Crippen LogP contribution is 2.40. The van der Waals surface area contributed by atoms with Crippen molar-refractivity contribution < 1.29 is 13.5 Å². The number of nitrogens with two attached hydrogens (primary N) is 1. The fraction of sp³-hybridized carbons (Fsp3) is 0.250. The van der Waals surface area contributed by atoms with Crippen molar-refractivity contribution in [1.82, 2.24) is 0 Å². The second-order valence-electron chi connectivity index (χ2n) is 5.04. The van der Waals surface area contributed by atoms with Gasteiger partial charge in [0.25, 0.3) is 0 Å².